The van der Waals surface area contributed by atoms with E-state index in [9.17, 15) is 9.90 Å². The highest BCUT2D eigenvalue weighted by atomic mass is 16.7. The van der Waals surface area contributed by atoms with Gasteiger partial charge in [-0.3, -0.25) is 4.90 Å². The Labute approximate surface area is 194 Å². The molecule has 0 aromatic heterocycles. The van der Waals surface area contributed by atoms with Crippen LogP contribution in [0.5, 0.6) is 0 Å². The van der Waals surface area contributed by atoms with Crippen molar-refractivity contribution in [2.24, 2.45) is 35.0 Å². The molecule has 0 spiro atoms. The number of nitrogens with zero attached hydrogens (tertiary/aromatic N) is 1. The summed E-state index contributed by atoms with van der Waals surface area (Å²) >= 11 is 0. The largest absolute Gasteiger partial charge is 0.465 e. The standard InChI is InChI=1S/C27H45NO4/c1-17-10-9-14-27(26(3,4)5,28(17)25(29)30)15-13-21-20-12-8-7-11-19(20)16-22-23(21)18(2)32-24(22)31-6/h13,15,17-24H,7-12,14,16H2,1-6H3,(H,29,30)/t17-,18-,19+,20-,21+,22-,23+,24-,27+/m0/s1. The van der Waals surface area contributed by atoms with E-state index in [1.54, 1.807) is 12.0 Å². The molecule has 1 amide bonds. The number of rotatable bonds is 3. The Hall–Kier alpha value is -1.07. The van der Waals surface area contributed by atoms with E-state index in [4.69, 9.17) is 9.47 Å². The van der Waals surface area contributed by atoms with Crippen LogP contribution in [-0.4, -0.2) is 47.2 Å². The number of allylic oxidation sites excluding steroid dienone is 1. The van der Waals surface area contributed by atoms with Crippen LogP contribution in [0.25, 0.3) is 0 Å². The summed E-state index contributed by atoms with van der Waals surface area (Å²) in [4.78, 5) is 14.3. The van der Waals surface area contributed by atoms with E-state index in [2.05, 4.69) is 46.8 Å². The summed E-state index contributed by atoms with van der Waals surface area (Å²) in [6.07, 6.45) is 13.4. The van der Waals surface area contributed by atoms with Gasteiger partial charge in [-0.15, -0.1) is 0 Å². The Morgan fingerprint density at radius 2 is 1.84 bits per heavy atom. The molecule has 4 fully saturated rings. The lowest BCUT2D eigenvalue weighted by Crippen LogP contribution is -2.63. The molecule has 2 saturated heterocycles. The summed E-state index contributed by atoms with van der Waals surface area (Å²) in [6.45, 7) is 10.9. The summed E-state index contributed by atoms with van der Waals surface area (Å²) in [6, 6.07) is 0.0401. The number of methoxy groups -OCH3 is 1. The topological polar surface area (TPSA) is 59.0 Å². The zero-order chi connectivity index (χ0) is 23.3. The summed E-state index contributed by atoms with van der Waals surface area (Å²) in [7, 11) is 1.78. The fraction of sp³-hybridized carbons (Fsp3) is 0.889. The SMILES string of the molecule is CO[C@H]1O[C@@H](C)[C@@H]2[C@H](C=C[C@@]3(C(C)(C)C)CCC[C@H](C)N3C(=O)O)[C@H]3CCCC[C@@H]3C[C@H]12. The third-order valence-corrected chi connectivity index (χ3v) is 9.60. The molecule has 5 nitrogen and oxygen atoms in total. The molecule has 182 valence electrons. The molecule has 5 heteroatoms. The zero-order valence-corrected chi connectivity index (χ0v) is 21.0. The van der Waals surface area contributed by atoms with Crippen molar-refractivity contribution in [3.8, 4) is 0 Å². The van der Waals surface area contributed by atoms with Gasteiger partial charge in [0.05, 0.1) is 11.6 Å². The second-order valence-corrected chi connectivity index (χ2v) is 12.1. The van der Waals surface area contributed by atoms with Gasteiger partial charge in [0, 0.05) is 19.1 Å². The predicted molar refractivity (Wildman–Crippen MR) is 126 cm³/mol. The smallest absolute Gasteiger partial charge is 0.408 e. The van der Waals surface area contributed by atoms with E-state index < -0.39 is 11.6 Å². The van der Waals surface area contributed by atoms with Gasteiger partial charge in [-0.2, -0.15) is 0 Å². The maximum Gasteiger partial charge on any atom is 0.408 e. The second-order valence-electron chi connectivity index (χ2n) is 12.1. The summed E-state index contributed by atoms with van der Waals surface area (Å²) in [5.41, 5.74) is -0.652. The van der Waals surface area contributed by atoms with Crippen LogP contribution in [0.15, 0.2) is 12.2 Å². The molecule has 0 aromatic carbocycles. The molecule has 1 N–H and O–H groups in total. The van der Waals surface area contributed by atoms with E-state index in [1.165, 1.54) is 32.1 Å². The van der Waals surface area contributed by atoms with Crippen LogP contribution in [0.2, 0.25) is 0 Å². The van der Waals surface area contributed by atoms with Crippen LogP contribution < -0.4 is 0 Å². The fourth-order valence-electron chi connectivity index (χ4n) is 8.06. The van der Waals surface area contributed by atoms with E-state index in [-0.39, 0.29) is 23.9 Å². The minimum atomic E-state index is -0.786. The van der Waals surface area contributed by atoms with E-state index in [1.807, 2.05) is 0 Å². The van der Waals surface area contributed by atoms with Gasteiger partial charge < -0.3 is 14.6 Å². The molecule has 4 rings (SSSR count). The van der Waals surface area contributed by atoms with Crippen molar-refractivity contribution in [3.63, 3.8) is 0 Å². The van der Waals surface area contributed by atoms with Gasteiger partial charge in [-0.05, 0) is 75.0 Å². The molecule has 0 bridgehead atoms. The minimum absolute atomic E-state index is 0.0401. The van der Waals surface area contributed by atoms with Gasteiger partial charge in [0.15, 0.2) is 6.29 Å². The molecule has 0 aromatic rings. The predicted octanol–water partition coefficient (Wildman–Crippen LogP) is 6.33. The lowest BCUT2D eigenvalue weighted by atomic mass is 9.56. The van der Waals surface area contributed by atoms with Gasteiger partial charge in [-0.25, -0.2) is 4.79 Å². The van der Waals surface area contributed by atoms with Crippen LogP contribution in [0.1, 0.15) is 86.0 Å². The van der Waals surface area contributed by atoms with E-state index >= 15 is 0 Å². The summed E-state index contributed by atoms with van der Waals surface area (Å²) in [5, 5.41) is 10.2. The van der Waals surface area contributed by atoms with Crippen molar-refractivity contribution >= 4 is 6.09 Å². The molecule has 0 unspecified atom stereocenters. The number of carbonyl (C=O) groups is 1. The van der Waals surface area contributed by atoms with Gasteiger partial charge in [0.25, 0.3) is 0 Å². The van der Waals surface area contributed by atoms with Crippen molar-refractivity contribution in [1.82, 2.24) is 4.90 Å². The first kappa shape index (κ1) is 24.1. The summed E-state index contributed by atoms with van der Waals surface area (Å²) < 4.78 is 12.1. The molecule has 2 heterocycles. The van der Waals surface area contributed by atoms with Gasteiger partial charge >= 0.3 is 6.09 Å². The Bertz CT molecular complexity index is 715. The first-order valence-corrected chi connectivity index (χ1v) is 13.0. The monoisotopic (exact) mass is 447 g/mol. The molecule has 32 heavy (non-hydrogen) atoms. The highest BCUT2D eigenvalue weighted by molar-refractivity contribution is 5.68. The number of carboxylic acid groups (broad SMARTS) is 1. The quantitative estimate of drug-likeness (QED) is 0.514. The molecule has 2 saturated carbocycles. The van der Waals surface area contributed by atoms with Gasteiger partial charge in [0.1, 0.15) is 0 Å². The zero-order valence-electron chi connectivity index (χ0n) is 21.0. The molecular formula is C27H45NO4. The summed E-state index contributed by atoms with van der Waals surface area (Å²) in [5.74, 6) is 2.74. The second kappa shape index (κ2) is 8.94. The lowest BCUT2D eigenvalue weighted by molar-refractivity contribution is -0.132. The lowest BCUT2D eigenvalue weighted by Gasteiger charge is -2.55. The number of likely N-dealkylation sites (tertiary alicyclic amines) is 1. The van der Waals surface area contributed by atoms with Crippen LogP contribution >= 0.6 is 0 Å². The number of hydrogen-bond acceptors (Lipinski definition) is 3. The van der Waals surface area contributed by atoms with Gasteiger partial charge in [-0.1, -0.05) is 52.2 Å². The highest BCUT2D eigenvalue weighted by Crippen LogP contribution is 2.56. The Morgan fingerprint density at radius 1 is 1.12 bits per heavy atom. The number of hydrogen-bond donors (Lipinski definition) is 1. The number of amides is 1. The first-order chi connectivity index (χ1) is 15.1. The van der Waals surface area contributed by atoms with Crippen molar-refractivity contribution in [1.29, 1.82) is 0 Å². The Kier molecular flexibility index (Phi) is 6.72. The molecule has 0 radical (unpaired) electrons. The number of piperidine rings is 1. The molecule has 4 aliphatic rings. The van der Waals surface area contributed by atoms with Crippen LogP contribution in [0, 0.1) is 35.0 Å². The Balaban J connectivity index is 1.74. The maximum absolute atomic E-state index is 12.5. The fourth-order valence-corrected chi connectivity index (χ4v) is 8.06. The Morgan fingerprint density at radius 3 is 2.50 bits per heavy atom. The first-order valence-electron chi connectivity index (χ1n) is 13.0. The minimum Gasteiger partial charge on any atom is -0.465 e. The average molecular weight is 448 g/mol. The third-order valence-electron chi connectivity index (χ3n) is 9.60. The third kappa shape index (κ3) is 3.91. The maximum atomic E-state index is 12.5. The van der Waals surface area contributed by atoms with Crippen molar-refractivity contribution in [2.75, 3.05) is 7.11 Å². The average Bonchev–Trinajstić information content (AvgIpc) is 3.05. The van der Waals surface area contributed by atoms with Crippen LogP contribution in [-0.2, 0) is 9.47 Å². The van der Waals surface area contributed by atoms with E-state index in [0.29, 0.717) is 23.7 Å². The van der Waals surface area contributed by atoms with Crippen LogP contribution in [0.4, 0.5) is 4.79 Å². The van der Waals surface area contributed by atoms with Crippen LogP contribution in [0.3, 0.4) is 0 Å². The van der Waals surface area contributed by atoms with Crippen molar-refractivity contribution < 1.29 is 19.4 Å². The molecule has 2 aliphatic carbocycles. The normalized spacial score (nSPS) is 45.0. The van der Waals surface area contributed by atoms with Crippen molar-refractivity contribution in [3.05, 3.63) is 12.2 Å². The number of ether oxygens (including phenoxy) is 2. The molecule has 2 aliphatic heterocycles. The number of fused-ring (bicyclic) bond motifs is 2. The molecular weight excluding hydrogens is 402 g/mol. The molecule has 9 atom stereocenters. The van der Waals surface area contributed by atoms with E-state index in [0.717, 1.165) is 25.2 Å². The highest BCUT2D eigenvalue weighted by Gasteiger charge is 2.55. The van der Waals surface area contributed by atoms with Gasteiger partial charge in [0.2, 0.25) is 0 Å². The van der Waals surface area contributed by atoms with Crippen molar-refractivity contribution in [2.45, 2.75) is 110 Å².